The van der Waals surface area contributed by atoms with Gasteiger partial charge in [-0.1, -0.05) is 11.6 Å². The standard InChI is InChI=1S/C13H13ClN2O4/c1-13(2,3)20-12(19)16-10-7(6-15-16)4-5-8(14)9(10)11(17)18/h4-6H,1-3H3,(H,17,18). The van der Waals surface area contributed by atoms with Crippen LogP contribution < -0.4 is 0 Å². The van der Waals surface area contributed by atoms with Gasteiger partial charge < -0.3 is 9.84 Å². The predicted molar refractivity (Wildman–Crippen MR) is 73.3 cm³/mol. The van der Waals surface area contributed by atoms with E-state index in [2.05, 4.69) is 5.10 Å². The quantitative estimate of drug-likeness (QED) is 0.874. The summed E-state index contributed by atoms with van der Waals surface area (Å²) in [7, 11) is 0. The van der Waals surface area contributed by atoms with E-state index in [-0.39, 0.29) is 16.1 Å². The Morgan fingerprint density at radius 2 is 2.00 bits per heavy atom. The highest BCUT2D eigenvalue weighted by Crippen LogP contribution is 2.26. The summed E-state index contributed by atoms with van der Waals surface area (Å²) in [5, 5.41) is 13.7. The smallest absolute Gasteiger partial charge is 0.435 e. The lowest BCUT2D eigenvalue weighted by Crippen LogP contribution is -2.28. The van der Waals surface area contributed by atoms with E-state index in [1.807, 2.05) is 0 Å². The maximum absolute atomic E-state index is 12.1. The number of hydrogen-bond donors (Lipinski definition) is 1. The molecule has 2 rings (SSSR count). The number of nitrogens with zero attached hydrogens (tertiary/aromatic N) is 2. The third-order valence-electron chi connectivity index (χ3n) is 2.46. The lowest BCUT2D eigenvalue weighted by Gasteiger charge is -2.19. The maximum Gasteiger partial charge on any atom is 0.435 e. The summed E-state index contributed by atoms with van der Waals surface area (Å²) in [4.78, 5) is 23.4. The topological polar surface area (TPSA) is 81.4 Å². The summed E-state index contributed by atoms with van der Waals surface area (Å²) in [5.74, 6) is -1.23. The fourth-order valence-electron chi connectivity index (χ4n) is 1.74. The zero-order chi connectivity index (χ0) is 15.1. The molecule has 0 fully saturated rings. The van der Waals surface area contributed by atoms with Crippen LogP contribution in [0, 0.1) is 0 Å². The fourth-order valence-corrected chi connectivity index (χ4v) is 1.97. The van der Waals surface area contributed by atoms with Crippen LogP contribution in [0.5, 0.6) is 0 Å². The average Bonchev–Trinajstić information content (AvgIpc) is 2.69. The highest BCUT2D eigenvalue weighted by Gasteiger charge is 2.24. The predicted octanol–water partition coefficient (Wildman–Crippen LogP) is 3.17. The second-order valence-corrected chi connectivity index (χ2v) is 5.61. The van der Waals surface area contributed by atoms with Crippen molar-refractivity contribution in [1.29, 1.82) is 0 Å². The summed E-state index contributed by atoms with van der Waals surface area (Å²) < 4.78 is 6.10. The van der Waals surface area contributed by atoms with Gasteiger partial charge >= 0.3 is 12.1 Å². The van der Waals surface area contributed by atoms with Crippen LogP contribution in [0.4, 0.5) is 4.79 Å². The van der Waals surface area contributed by atoms with Gasteiger partial charge in [0.1, 0.15) is 11.2 Å². The first kappa shape index (κ1) is 14.3. The van der Waals surface area contributed by atoms with Crippen molar-refractivity contribution in [2.45, 2.75) is 26.4 Å². The van der Waals surface area contributed by atoms with Gasteiger partial charge in [0.05, 0.1) is 16.7 Å². The molecule has 6 nitrogen and oxygen atoms in total. The SMILES string of the molecule is CC(C)(C)OC(=O)n1ncc2ccc(Cl)c(C(=O)O)c21. The van der Waals surface area contributed by atoms with E-state index < -0.39 is 17.7 Å². The molecule has 0 spiro atoms. The van der Waals surface area contributed by atoms with E-state index in [4.69, 9.17) is 16.3 Å². The van der Waals surface area contributed by atoms with Crippen LogP contribution in [0.25, 0.3) is 10.9 Å². The van der Waals surface area contributed by atoms with E-state index in [0.717, 1.165) is 4.68 Å². The Kier molecular flexibility index (Phi) is 3.43. The van der Waals surface area contributed by atoms with Crippen molar-refractivity contribution in [3.05, 3.63) is 28.9 Å². The number of fused-ring (bicyclic) bond motifs is 1. The van der Waals surface area contributed by atoms with E-state index in [0.29, 0.717) is 5.39 Å². The Labute approximate surface area is 119 Å². The number of benzene rings is 1. The lowest BCUT2D eigenvalue weighted by atomic mass is 10.1. The molecular weight excluding hydrogens is 284 g/mol. The van der Waals surface area contributed by atoms with Gasteiger partial charge in [0.15, 0.2) is 0 Å². The van der Waals surface area contributed by atoms with Crippen molar-refractivity contribution < 1.29 is 19.4 Å². The molecule has 0 radical (unpaired) electrons. The first-order chi connectivity index (χ1) is 9.20. The van der Waals surface area contributed by atoms with Crippen LogP contribution in [-0.2, 0) is 4.74 Å². The van der Waals surface area contributed by atoms with Gasteiger partial charge in [-0.25, -0.2) is 9.59 Å². The molecule has 1 aromatic carbocycles. The first-order valence-corrected chi connectivity index (χ1v) is 6.21. The van der Waals surface area contributed by atoms with Gasteiger partial charge in [-0.05, 0) is 32.9 Å². The number of halogens is 1. The van der Waals surface area contributed by atoms with Crippen LogP contribution in [0.2, 0.25) is 5.02 Å². The molecule has 0 aliphatic heterocycles. The molecule has 1 heterocycles. The Balaban J connectivity index is 2.64. The van der Waals surface area contributed by atoms with E-state index in [1.165, 1.54) is 12.3 Å². The third kappa shape index (κ3) is 2.60. The summed E-state index contributed by atoms with van der Waals surface area (Å²) >= 11 is 5.89. The molecule has 1 N–H and O–H groups in total. The number of aromatic carboxylic acids is 1. The minimum atomic E-state index is -1.23. The molecule has 1 aromatic heterocycles. The number of hydrogen-bond acceptors (Lipinski definition) is 4. The molecule has 0 aliphatic rings. The van der Waals surface area contributed by atoms with Gasteiger partial charge in [0, 0.05) is 5.39 Å². The van der Waals surface area contributed by atoms with Gasteiger partial charge in [0.2, 0.25) is 0 Å². The van der Waals surface area contributed by atoms with Crippen molar-refractivity contribution >= 4 is 34.6 Å². The Bertz CT molecular complexity index is 700. The van der Waals surface area contributed by atoms with E-state index >= 15 is 0 Å². The molecule has 0 saturated carbocycles. The normalized spacial score (nSPS) is 11.6. The van der Waals surface area contributed by atoms with Crippen molar-refractivity contribution in [1.82, 2.24) is 9.78 Å². The molecule has 0 bridgehead atoms. The largest absolute Gasteiger partial charge is 0.478 e. The van der Waals surface area contributed by atoms with Gasteiger partial charge in [-0.15, -0.1) is 0 Å². The van der Waals surface area contributed by atoms with Crippen LogP contribution in [0.3, 0.4) is 0 Å². The van der Waals surface area contributed by atoms with Gasteiger partial charge in [-0.3, -0.25) is 0 Å². The second-order valence-electron chi connectivity index (χ2n) is 5.20. The zero-order valence-electron chi connectivity index (χ0n) is 11.2. The monoisotopic (exact) mass is 296 g/mol. The summed E-state index contributed by atoms with van der Waals surface area (Å²) in [5.41, 5.74) is -0.760. The van der Waals surface area contributed by atoms with E-state index in [9.17, 15) is 14.7 Å². The molecule has 0 aliphatic carbocycles. The lowest BCUT2D eigenvalue weighted by molar-refractivity contribution is 0.0522. The molecule has 20 heavy (non-hydrogen) atoms. The van der Waals surface area contributed by atoms with Crippen LogP contribution in [0.1, 0.15) is 31.1 Å². The summed E-state index contributed by atoms with van der Waals surface area (Å²) in [6, 6.07) is 3.05. The molecule has 2 aromatic rings. The Morgan fingerprint density at radius 3 is 2.55 bits per heavy atom. The minimum Gasteiger partial charge on any atom is -0.478 e. The first-order valence-electron chi connectivity index (χ1n) is 5.83. The highest BCUT2D eigenvalue weighted by molar-refractivity contribution is 6.35. The Hall–Kier alpha value is -2.08. The van der Waals surface area contributed by atoms with Gasteiger partial charge in [0.25, 0.3) is 0 Å². The van der Waals surface area contributed by atoms with E-state index in [1.54, 1.807) is 26.8 Å². The summed E-state index contributed by atoms with van der Waals surface area (Å²) in [6.07, 6.45) is 0.638. The van der Waals surface area contributed by atoms with Gasteiger partial charge in [-0.2, -0.15) is 9.78 Å². The van der Waals surface area contributed by atoms with Crippen molar-refractivity contribution in [2.75, 3.05) is 0 Å². The van der Waals surface area contributed by atoms with Crippen molar-refractivity contribution in [2.24, 2.45) is 0 Å². The number of aromatic nitrogens is 2. The number of rotatable bonds is 1. The number of carboxylic acid groups (broad SMARTS) is 1. The van der Waals surface area contributed by atoms with Crippen molar-refractivity contribution in [3.63, 3.8) is 0 Å². The molecule has 0 saturated heterocycles. The zero-order valence-corrected chi connectivity index (χ0v) is 11.9. The molecule has 7 heteroatoms. The number of carbonyl (C=O) groups is 2. The number of carbonyl (C=O) groups excluding carboxylic acids is 1. The number of ether oxygens (including phenoxy) is 1. The highest BCUT2D eigenvalue weighted by atomic mass is 35.5. The number of carboxylic acids is 1. The van der Waals surface area contributed by atoms with Crippen molar-refractivity contribution in [3.8, 4) is 0 Å². The fraction of sp³-hybridized carbons (Fsp3) is 0.308. The van der Waals surface area contributed by atoms with Crippen LogP contribution in [0.15, 0.2) is 18.3 Å². The third-order valence-corrected chi connectivity index (χ3v) is 2.78. The maximum atomic E-state index is 12.1. The average molecular weight is 297 g/mol. The molecule has 0 unspecified atom stereocenters. The molecule has 0 atom stereocenters. The molecule has 106 valence electrons. The second kappa shape index (κ2) is 4.79. The molecule has 0 amide bonds. The minimum absolute atomic E-state index is 0.0373. The summed E-state index contributed by atoms with van der Waals surface area (Å²) in [6.45, 7) is 5.13. The molecular formula is C13H13ClN2O4. The van der Waals surface area contributed by atoms with Crippen LogP contribution >= 0.6 is 11.6 Å². The van der Waals surface area contributed by atoms with Crippen LogP contribution in [-0.4, -0.2) is 32.6 Å². The Morgan fingerprint density at radius 1 is 1.35 bits per heavy atom.